The van der Waals surface area contributed by atoms with E-state index in [1.54, 1.807) is 32.1 Å². The van der Waals surface area contributed by atoms with E-state index in [9.17, 15) is 9.59 Å². The number of aryl methyl sites for hydroxylation is 1. The highest BCUT2D eigenvalue weighted by Crippen LogP contribution is 2.23. The molecule has 3 aromatic heterocycles. The number of aliphatic imine (C=N–C) groups is 1. The van der Waals surface area contributed by atoms with Crippen molar-refractivity contribution in [3.05, 3.63) is 52.6 Å². The number of hydrogen-bond donors (Lipinski definition) is 1. The van der Waals surface area contributed by atoms with Crippen LogP contribution in [0.3, 0.4) is 0 Å². The van der Waals surface area contributed by atoms with Gasteiger partial charge in [0.05, 0.1) is 17.4 Å². The summed E-state index contributed by atoms with van der Waals surface area (Å²) in [5, 5.41) is 8.09. The van der Waals surface area contributed by atoms with Crippen molar-refractivity contribution in [3.8, 4) is 11.3 Å². The molecule has 0 spiro atoms. The maximum atomic E-state index is 12.6. The lowest BCUT2D eigenvalue weighted by Gasteiger charge is -2.09. The van der Waals surface area contributed by atoms with Crippen LogP contribution in [-0.2, 0) is 6.54 Å². The topological polar surface area (TPSA) is 101 Å². The lowest BCUT2D eigenvalue weighted by Crippen LogP contribution is -2.20. The van der Waals surface area contributed by atoms with Gasteiger partial charge in [-0.2, -0.15) is 10.1 Å². The van der Waals surface area contributed by atoms with Crippen LogP contribution in [0.15, 0.2) is 46.4 Å². The largest absolute Gasteiger partial charge is 0.366 e. The standard InChI is InChI=1S/C20H21N7O2/c1-5-26-17-7-6-13(8-14(17)10-21-26)16-9-18(28)27-19(24-16)15(11-22-27)20(29)23-12(2)25(3)4/h6-11,22H,5H2,1-4H3. The molecule has 0 aliphatic rings. The number of aromatic amines is 1. The Bertz CT molecular complexity index is 1320. The Morgan fingerprint density at radius 3 is 2.79 bits per heavy atom. The van der Waals surface area contributed by atoms with Crippen molar-refractivity contribution in [2.24, 2.45) is 4.99 Å². The van der Waals surface area contributed by atoms with Gasteiger partial charge in [0.15, 0.2) is 5.65 Å². The monoisotopic (exact) mass is 391 g/mol. The van der Waals surface area contributed by atoms with E-state index in [0.29, 0.717) is 11.5 Å². The van der Waals surface area contributed by atoms with Crippen LogP contribution in [0.1, 0.15) is 24.2 Å². The number of aromatic nitrogens is 5. The van der Waals surface area contributed by atoms with Crippen molar-refractivity contribution in [2.75, 3.05) is 14.1 Å². The fourth-order valence-corrected chi connectivity index (χ4v) is 3.09. The number of nitrogens with one attached hydrogen (secondary N) is 1. The van der Waals surface area contributed by atoms with Gasteiger partial charge in [0.1, 0.15) is 11.4 Å². The van der Waals surface area contributed by atoms with Gasteiger partial charge in [-0.25, -0.2) is 9.50 Å². The number of rotatable bonds is 3. The van der Waals surface area contributed by atoms with E-state index in [2.05, 4.69) is 20.2 Å². The van der Waals surface area contributed by atoms with Gasteiger partial charge in [-0.3, -0.25) is 19.4 Å². The zero-order chi connectivity index (χ0) is 20.7. The number of H-pyrrole nitrogens is 1. The maximum Gasteiger partial charge on any atom is 0.284 e. The summed E-state index contributed by atoms with van der Waals surface area (Å²) in [6, 6.07) is 7.24. The van der Waals surface area contributed by atoms with Gasteiger partial charge in [-0.15, -0.1) is 0 Å². The summed E-state index contributed by atoms with van der Waals surface area (Å²) in [5.74, 6) is 0.102. The molecular formula is C20H21N7O2. The van der Waals surface area contributed by atoms with Crippen LogP contribution < -0.4 is 5.56 Å². The second kappa shape index (κ2) is 7.01. The number of benzene rings is 1. The Hall–Kier alpha value is -3.75. The molecule has 0 saturated heterocycles. The first kappa shape index (κ1) is 18.6. The predicted molar refractivity (Wildman–Crippen MR) is 111 cm³/mol. The summed E-state index contributed by atoms with van der Waals surface area (Å²) in [6.45, 7) is 4.54. The summed E-state index contributed by atoms with van der Waals surface area (Å²) in [7, 11) is 3.61. The minimum absolute atomic E-state index is 0.241. The lowest BCUT2D eigenvalue weighted by atomic mass is 10.1. The Morgan fingerprint density at radius 2 is 2.07 bits per heavy atom. The van der Waals surface area contributed by atoms with E-state index in [-0.39, 0.29) is 16.8 Å². The van der Waals surface area contributed by atoms with E-state index in [1.807, 2.05) is 29.8 Å². The highest BCUT2D eigenvalue weighted by Gasteiger charge is 2.17. The molecule has 29 heavy (non-hydrogen) atoms. The molecule has 0 bridgehead atoms. The van der Waals surface area contributed by atoms with E-state index < -0.39 is 5.91 Å². The molecule has 1 N–H and O–H groups in total. The number of carbonyl (C=O) groups excluding carboxylic acids is 1. The summed E-state index contributed by atoms with van der Waals surface area (Å²) in [6.07, 6.45) is 3.24. The molecule has 4 aromatic rings. The average Bonchev–Trinajstić information content (AvgIpc) is 3.31. The van der Waals surface area contributed by atoms with E-state index >= 15 is 0 Å². The highest BCUT2D eigenvalue weighted by molar-refractivity contribution is 6.06. The fourth-order valence-electron chi connectivity index (χ4n) is 3.09. The van der Waals surface area contributed by atoms with E-state index in [4.69, 9.17) is 0 Å². The minimum Gasteiger partial charge on any atom is -0.366 e. The van der Waals surface area contributed by atoms with Crippen molar-refractivity contribution >= 4 is 28.3 Å². The van der Waals surface area contributed by atoms with Gasteiger partial charge in [0.2, 0.25) is 0 Å². The number of nitrogens with zero attached hydrogens (tertiary/aromatic N) is 6. The molecule has 148 valence electrons. The second-order valence-electron chi connectivity index (χ2n) is 6.92. The van der Waals surface area contributed by atoms with Crippen LogP contribution >= 0.6 is 0 Å². The molecule has 1 aromatic carbocycles. The summed E-state index contributed by atoms with van der Waals surface area (Å²) in [4.78, 5) is 35.6. The van der Waals surface area contributed by atoms with Crippen LogP contribution in [0.5, 0.6) is 0 Å². The molecule has 0 atom stereocenters. The van der Waals surface area contributed by atoms with Crippen LogP contribution in [0.4, 0.5) is 0 Å². The number of hydrogen-bond acceptors (Lipinski definition) is 4. The van der Waals surface area contributed by atoms with Gasteiger partial charge in [-0.05, 0) is 26.0 Å². The Morgan fingerprint density at radius 1 is 1.28 bits per heavy atom. The molecule has 0 saturated carbocycles. The number of fused-ring (bicyclic) bond motifs is 2. The quantitative estimate of drug-likeness (QED) is 0.426. The SMILES string of the molecule is CCn1ncc2cc(-c3cc(=O)n4[nH]cc(C(=O)N=C(C)N(C)C)c4n3)ccc21. The fraction of sp³-hybridized carbons (Fsp3) is 0.250. The van der Waals surface area contributed by atoms with Gasteiger partial charge in [0, 0.05) is 43.9 Å². The van der Waals surface area contributed by atoms with Crippen molar-refractivity contribution in [1.29, 1.82) is 0 Å². The highest BCUT2D eigenvalue weighted by atomic mass is 16.1. The molecule has 1 amide bonds. The first-order valence-corrected chi connectivity index (χ1v) is 9.23. The maximum absolute atomic E-state index is 12.6. The molecule has 9 heteroatoms. The molecule has 0 radical (unpaired) electrons. The molecule has 0 aliphatic carbocycles. The Balaban J connectivity index is 1.84. The Kier molecular flexibility index (Phi) is 4.50. The first-order valence-electron chi connectivity index (χ1n) is 9.23. The van der Waals surface area contributed by atoms with E-state index in [0.717, 1.165) is 23.0 Å². The molecule has 3 heterocycles. The molecular weight excluding hydrogens is 370 g/mol. The summed E-state index contributed by atoms with van der Waals surface area (Å²) < 4.78 is 3.14. The van der Waals surface area contributed by atoms with Crippen LogP contribution in [0.2, 0.25) is 0 Å². The van der Waals surface area contributed by atoms with Crippen molar-refractivity contribution in [1.82, 2.24) is 29.3 Å². The smallest absolute Gasteiger partial charge is 0.284 e. The third kappa shape index (κ3) is 3.20. The molecule has 0 fully saturated rings. The normalized spacial score (nSPS) is 12.1. The van der Waals surface area contributed by atoms with Gasteiger partial charge >= 0.3 is 0 Å². The zero-order valence-electron chi connectivity index (χ0n) is 16.7. The summed E-state index contributed by atoms with van der Waals surface area (Å²) in [5.41, 5.74) is 2.47. The third-order valence-corrected chi connectivity index (χ3v) is 4.88. The molecule has 9 nitrogen and oxygen atoms in total. The van der Waals surface area contributed by atoms with Crippen LogP contribution in [0.25, 0.3) is 27.8 Å². The average molecular weight is 391 g/mol. The molecule has 4 rings (SSSR count). The van der Waals surface area contributed by atoms with Crippen molar-refractivity contribution in [2.45, 2.75) is 20.4 Å². The van der Waals surface area contributed by atoms with Gasteiger partial charge in [0.25, 0.3) is 11.5 Å². The minimum atomic E-state index is -0.460. The second-order valence-corrected chi connectivity index (χ2v) is 6.92. The molecule has 0 aliphatic heterocycles. The van der Waals surface area contributed by atoms with E-state index in [1.165, 1.54) is 16.8 Å². The van der Waals surface area contributed by atoms with Crippen molar-refractivity contribution < 1.29 is 4.79 Å². The number of amidine groups is 1. The molecule has 0 unspecified atom stereocenters. The van der Waals surface area contributed by atoms with Crippen LogP contribution in [-0.4, -0.2) is 55.1 Å². The Labute approximate surface area is 166 Å². The lowest BCUT2D eigenvalue weighted by molar-refractivity contribution is 0.100. The first-order chi connectivity index (χ1) is 13.9. The summed E-state index contributed by atoms with van der Waals surface area (Å²) >= 11 is 0. The zero-order valence-corrected chi connectivity index (χ0v) is 16.7. The van der Waals surface area contributed by atoms with Gasteiger partial charge < -0.3 is 4.90 Å². The van der Waals surface area contributed by atoms with Gasteiger partial charge in [-0.1, -0.05) is 6.07 Å². The number of amides is 1. The number of carbonyl (C=O) groups is 1. The third-order valence-electron chi connectivity index (χ3n) is 4.88. The predicted octanol–water partition coefficient (Wildman–Crippen LogP) is 2.18. The van der Waals surface area contributed by atoms with Crippen molar-refractivity contribution in [3.63, 3.8) is 0 Å². The van der Waals surface area contributed by atoms with Crippen LogP contribution in [0, 0.1) is 0 Å².